The van der Waals surface area contributed by atoms with Crippen molar-refractivity contribution in [2.45, 2.75) is 13.5 Å². The summed E-state index contributed by atoms with van der Waals surface area (Å²) in [7, 11) is 1.95. The quantitative estimate of drug-likeness (QED) is 0.798. The van der Waals surface area contributed by atoms with E-state index in [1.54, 1.807) is 0 Å². The lowest BCUT2D eigenvalue weighted by atomic mass is 10.4. The molecule has 5 nitrogen and oxygen atoms in total. The van der Waals surface area contributed by atoms with Gasteiger partial charge in [0, 0.05) is 19.2 Å². The second kappa shape index (κ2) is 3.68. The Morgan fingerprint density at radius 1 is 1.53 bits per heavy atom. The number of rotatable bonds is 3. The van der Waals surface area contributed by atoms with Gasteiger partial charge in [-0.15, -0.1) is 0 Å². The Morgan fingerprint density at radius 2 is 2.33 bits per heavy atom. The van der Waals surface area contributed by atoms with Gasteiger partial charge in [-0.1, -0.05) is 0 Å². The lowest BCUT2D eigenvalue weighted by Gasteiger charge is -2.14. The summed E-state index contributed by atoms with van der Waals surface area (Å²) in [5.41, 5.74) is 6.47. The van der Waals surface area contributed by atoms with Crippen molar-refractivity contribution in [1.29, 1.82) is 0 Å². The number of hydrogen-bond acceptors (Lipinski definition) is 4. The van der Waals surface area contributed by atoms with Gasteiger partial charge in [-0.2, -0.15) is 5.10 Å². The molecule has 2 aromatic rings. The number of nitrogens with two attached hydrogens (primary N) is 1. The van der Waals surface area contributed by atoms with Crippen molar-refractivity contribution in [2.75, 3.05) is 17.7 Å². The summed E-state index contributed by atoms with van der Waals surface area (Å²) in [5.74, 6) is 2.25. The number of anilines is 2. The molecule has 0 spiro atoms. The topological polar surface area (TPSA) is 71.1 Å². The third-order valence-electron chi connectivity index (χ3n) is 2.16. The van der Waals surface area contributed by atoms with E-state index in [4.69, 9.17) is 10.2 Å². The molecule has 2 aromatic heterocycles. The first-order chi connectivity index (χ1) is 7.15. The van der Waals surface area contributed by atoms with E-state index >= 15 is 0 Å². The van der Waals surface area contributed by atoms with Gasteiger partial charge in [0.15, 0.2) is 5.88 Å². The van der Waals surface area contributed by atoms with Gasteiger partial charge in [-0.3, -0.25) is 5.10 Å². The van der Waals surface area contributed by atoms with Crippen molar-refractivity contribution >= 4 is 11.7 Å². The summed E-state index contributed by atoms with van der Waals surface area (Å²) in [6, 6.07) is 5.69. The summed E-state index contributed by atoms with van der Waals surface area (Å²) in [4.78, 5) is 1.99. The largest absolute Gasteiger partial charge is 0.446 e. The van der Waals surface area contributed by atoms with Crippen LogP contribution < -0.4 is 10.6 Å². The third-order valence-corrected chi connectivity index (χ3v) is 2.16. The van der Waals surface area contributed by atoms with Crippen molar-refractivity contribution in [1.82, 2.24) is 10.2 Å². The Kier molecular flexibility index (Phi) is 2.37. The van der Waals surface area contributed by atoms with Crippen LogP contribution in [0.3, 0.4) is 0 Å². The minimum Gasteiger partial charge on any atom is -0.446 e. The van der Waals surface area contributed by atoms with Gasteiger partial charge in [0.05, 0.1) is 12.2 Å². The molecule has 2 heterocycles. The van der Waals surface area contributed by atoms with E-state index in [0.29, 0.717) is 12.4 Å². The molecule has 0 aliphatic carbocycles. The molecule has 0 aliphatic rings. The van der Waals surface area contributed by atoms with Crippen molar-refractivity contribution in [3.8, 4) is 0 Å². The van der Waals surface area contributed by atoms with Crippen LogP contribution in [0.2, 0.25) is 0 Å². The third kappa shape index (κ3) is 2.12. The molecule has 0 atom stereocenters. The van der Waals surface area contributed by atoms with Gasteiger partial charge >= 0.3 is 0 Å². The minimum atomic E-state index is 0.508. The van der Waals surface area contributed by atoms with Gasteiger partial charge in [0.2, 0.25) is 0 Å². The molecule has 0 radical (unpaired) electrons. The standard InChI is InChI=1S/C10H14N4O/c1-7-3-4-10(15-7)14(2)6-8-5-9(11)13-12-8/h3-5H,6H2,1-2H3,(H3,11,12,13). The van der Waals surface area contributed by atoms with Gasteiger partial charge in [-0.25, -0.2) is 0 Å². The van der Waals surface area contributed by atoms with E-state index < -0.39 is 0 Å². The van der Waals surface area contributed by atoms with Crippen molar-refractivity contribution < 1.29 is 4.42 Å². The van der Waals surface area contributed by atoms with Crippen LogP contribution in [0, 0.1) is 6.92 Å². The van der Waals surface area contributed by atoms with Crippen LogP contribution in [0.25, 0.3) is 0 Å². The highest BCUT2D eigenvalue weighted by Gasteiger charge is 2.07. The van der Waals surface area contributed by atoms with Crippen molar-refractivity contribution in [2.24, 2.45) is 0 Å². The molecule has 0 amide bonds. The second-order valence-corrected chi connectivity index (χ2v) is 3.56. The van der Waals surface area contributed by atoms with Crippen LogP contribution in [-0.4, -0.2) is 17.2 Å². The maximum absolute atomic E-state index is 5.51. The summed E-state index contributed by atoms with van der Waals surface area (Å²) in [5, 5.41) is 6.72. The summed E-state index contributed by atoms with van der Waals surface area (Å²) in [6.45, 7) is 2.61. The molecule has 0 unspecified atom stereocenters. The van der Waals surface area contributed by atoms with E-state index in [1.165, 1.54) is 0 Å². The molecule has 5 heteroatoms. The number of nitrogens with one attached hydrogen (secondary N) is 1. The van der Waals surface area contributed by atoms with Crippen molar-refractivity contribution in [3.63, 3.8) is 0 Å². The number of hydrogen-bond donors (Lipinski definition) is 2. The molecule has 80 valence electrons. The number of H-pyrrole nitrogens is 1. The zero-order chi connectivity index (χ0) is 10.8. The van der Waals surface area contributed by atoms with Crippen LogP contribution in [-0.2, 0) is 6.54 Å². The van der Waals surface area contributed by atoms with Crippen LogP contribution in [0.1, 0.15) is 11.5 Å². The van der Waals surface area contributed by atoms with E-state index in [-0.39, 0.29) is 0 Å². The highest BCUT2D eigenvalue weighted by atomic mass is 16.4. The molecule has 0 fully saturated rings. The fourth-order valence-corrected chi connectivity index (χ4v) is 1.42. The maximum atomic E-state index is 5.51. The molecule has 3 N–H and O–H groups in total. The van der Waals surface area contributed by atoms with Crippen LogP contribution >= 0.6 is 0 Å². The fraction of sp³-hybridized carbons (Fsp3) is 0.300. The number of furan rings is 1. The molecule has 2 rings (SSSR count). The van der Waals surface area contributed by atoms with Gasteiger partial charge in [0.1, 0.15) is 11.6 Å². The van der Waals surface area contributed by atoms with Crippen LogP contribution in [0.15, 0.2) is 22.6 Å². The Morgan fingerprint density at radius 3 is 2.87 bits per heavy atom. The number of nitrogens with zero attached hydrogens (tertiary/aromatic N) is 2. The molecule has 0 saturated heterocycles. The molecule has 15 heavy (non-hydrogen) atoms. The zero-order valence-electron chi connectivity index (χ0n) is 8.82. The summed E-state index contributed by atoms with van der Waals surface area (Å²) in [6.07, 6.45) is 0. The Labute approximate surface area is 87.9 Å². The second-order valence-electron chi connectivity index (χ2n) is 3.56. The molecule has 0 aromatic carbocycles. The van der Waals surface area contributed by atoms with Gasteiger partial charge in [-0.05, 0) is 13.0 Å². The minimum absolute atomic E-state index is 0.508. The molecular formula is C10H14N4O. The smallest absolute Gasteiger partial charge is 0.195 e. The number of aryl methyl sites for hydroxylation is 1. The Hall–Kier alpha value is -1.91. The molecule has 0 aliphatic heterocycles. The van der Waals surface area contributed by atoms with Gasteiger partial charge in [0.25, 0.3) is 0 Å². The maximum Gasteiger partial charge on any atom is 0.195 e. The molecule has 0 saturated carbocycles. The van der Waals surface area contributed by atoms with Gasteiger partial charge < -0.3 is 15.1 Å². The number of aromatic nitrogens is 2. The lowest BCUT2D eigenvalue weighted by molar-refractivity contribution is 0.524. The first-order valence-electron chi connectivity index (χ1n) is 4.72. The van der Waals surface area contributed by atoms with E-state index in [2.05, 4.69) is 10.2 Å². The lowest BCUT2D eigenvalue weighted by Crippen LogP contribution is -2.15. The first-order valence-corrected chi connectivity index (χ1v) is 4.72. The predicted octanol–water partition coefficient (Wildman–Crippen LogP) is 1.53. The van der Waals surface area contributed by atoms with Crippen LogP contribution in [0.4, 0.5) is 11.7 Å². The van der Waals surface area contributed by atoms with E-state index in [0.717, 1.165) is 17.3 Å². The van der Waals surface area contributed by atoms with E-state index in [9.17, 15) is 0 Å². The average Bonchev–Trinajstić information content (AvgIpc) is 2.75. The number of nitrogen functional groups attached to an aromatic ring is 1. The highest BCUT2D eigenvalue weighted by molar-refractivity contribution is 5.37. The van der Waals surface area contributed by atoms with Crippen molar-refractivity contribution in [3.05, 3.63) is 29.7 Å². The Balaban J connectivity index is 2.06. The number of aromatic amines is 1. The normalized spacial score (nSPS) is 10.5. The first kappa shape index (κ1) is 9.64. The van der Waals surface area contributed by atoms with E-state index in [1.807, 2.05) is 37.1 Å². The highest BCUT2D eigenvalue weighted by Crippen LogP contribution is 2.18. The fourth-order valence-electron chi connectivity index (χ4n) is 1.42. The molecule has 0 bridgehead atoms. The summed E-state index contributed by atoms with van der Waals surface area (Å²) < 4.78 is 5.48. The molecular weight excluding hydrogens is 192 g/mol. The SMILES string of the molecule is Cc1ccc(N(C)Cc2cc(N)n[nH]2)o1. The monoisotopic (exact) mass is 206 g/mol. The average molecular weight is 206 g/mol. The van der Waals surface area contributed by atoms with Crippen LogP contribution in [0.5, 0.6) is 0 Å². The predicted molar refractivity (Wildman–Crippen MR) is 58.6 cm³/mol. The Bertz CT molecular complexity index is 446. The summed E-state index contributed by atoms with van der Waals surface area (Å²) >= 11 is 0. The zero-order valence-corrected chi connectivity index (χ0v) is 8.82.